The lowest BCUT2D eigenvalue weighted by Crippen LogP contribution is -2.37. The summed E-state index contributed by atoms with van der Waals surface area (Å²) in [5.74, 6) is 0. The molecule has 0 bridgehead atoms. The van der Waals surface area contributed by atoms with Gasteiger partial charge in [0, 0.05) is 16.6 Å². The maximum atomic E-state index is 13.3. The third-order valence-corrected chi connectivity index (χ3v) is 4.86. The summed E-state index contributed by atoms with van der Waals surface area (Å²) in [5.41, 5.74) is -1.58. The number of aliphatic hydroxyl groups is 2. The average molecular weight is 420 g/mol. The number of aromatic amines is 1. The van der Waals surface area contributed by atoms with E-state index in [1.54, 1.807) is 0 Å². The Morgan fingerprint density at radius 1 is 1.10 bits per heavy atom. The zero-order chi connectivity index (χ0) is 21.6. The first-order valence-electron chi connectivity index (χ1n) is 8.83. The normalized spacial score (nSPS) is 19.4. The van der Waals surface area contributed by atoms with Crippen molar-refractivity contribution in [3.63, 3.8) is 0 Å². The van der Waals surface area contributed by atoms with E-state index in [-0.39, 0.29) is 22.3 Å². The van der Waals surface area contributed by atoms with E-state index >= 15 is 0 Å². The predicted molar refractivity (Wildman–Crippen MR) is 101 cm³/mol. The van der Waals surface area contributed by atoms with Gasteiger partial charge in [0.2, 0.25) is 0 Å². The van der Waals surface area contributed by atoms with Gasteiger partial charge in [0.15, 0.2) is 12.3 Å². The zero-order valence-electron chi connectivity index (χ0n) is 15.2. The summed E-state index contributed by atoms with van der Waals surface area (Å²) >= 11 is 0. The largest absolute Gasteiger partial charge is 0.438 e. The summed E-state index contributed by atoms with van der Waals surface area (Å²) < 4.78 is 44.8. The topological polar surface area (TPSA) is 103 Å². The molecule has 1 aliphatic heterocycles. The van der Waals surface area contributed by atoms with Crippen LogP contribution in [0.25, 0.3) is 22.0 Å². The molecule has 7 nitrogen and oxygen atoms in total. The highest BCUT2D eigenvalue weighted by Crippen LogP contribution is 2.37. The Morgan fingerprint density at radius 3 is 2.50 bits per heavy atom. The number of cyclic esters (lactones) is 1. The minimum atomic E-state index is -4.60. The van der Waals surface area contributed by atoms with Crippen LogP contribution in [0, 0.1) is 0 Å². The van der Waals surface area contributed by atoms with Crippen molar-refractivity contribution in [3.8, 4) is 11.3 Å². The summed E-state index contributed by atoms with van der Waals surface area (Å²) in [4.78, 5) is 27.9. The molecule has 0 aliphatic carbocycles. The smallest absolute Gasteiger partial charge is 0.417 e. The van der Waals surface area contributed by atoms with Crippen molar-refractivity contribution < 1.29 is 32.9 Å². The number of hydrogen-bond acceptors (Lipinski definition) is 5. The number of hydrogen-bond donors (Lipinski definition) is 3. The molecule has 3 aromatic rings. The number of carbonyl (C=O) groups excluding carboxylic acids is 1. The Hall–Kier alpha value is -3.37. The molecular formula is C20H15F3N2O5. The van der Waals surface area contributed by atoms with Gasteiger partial charge in [-0.2, -0.15) is 13.2 Å². The Kier molecular flexibility index (Phi) is 4.75. The maximum absolute atomic E-state index is 13.3. The fraction of sp³-hybridized carbons (Fsp3) is 0.200. The van der Waals surface area contributed by atoms with Crippen molar-refractivity contribution in [3.05, 3.63) is 64.4 Å². The van der Waals surface area contributed by atoms with Crippen LogP contribution in [0.4, 0.5) is 23.7 Å². The van der Waals surface area contributed by atoms with Crippen LogP contribution in [-0.4, -0.2) is 40.2 Å². The van der Waals surface area contributed by atoms with Gasteiger partial charge in [0.05, 0.1) is 17.9 Å². The van der Waals surface area contributed by atoms with Crippen LogP contribution in [0.1, 0.15) is 5.56 Å². The second kappa shape index (κ2) is 7.15. The number of ether oxygens (including phenoxy) is 1. The molecule has 2 heterocycles. The Labute approximate surface area is 166 Å². The molecule has 3 N–H and O–H groups in total. The fourth-order valence-corrected chi connectivity index (χ4v) is 3.42. The number of H-pyrrole nitrogens is 1. The van der Waals surface area contributed by atoms with Gasteiger partial charge < -0.3 is 19.9 Å². The van der Waals surface area contributed by atoms with Crippen molar-refractivity contribution in [2.45, 2.75) is 18.5 Å². The number of benzene rings is 2. The molecule has 10 heteroatoms. The molecule has 1 saturated heterocycles. The number of aliphatic hydroxyl groups excluding tert-OH is 2. The second-order valence-corrected chi connectivity index (χ2v) is 6.72. The van der Waals surface area contributed by atoms with Gasteiger partial charge in [-0.25, -0.2) is 9.69 Å². The molecule has 0 radical (unpaired) electrons. The first-order valence-corrected chi connectivity index (χ1v) is 8.83. The SMILES string of the molecule is O=C1OC(CO)C(O)N1c1ccc2cc(-c3ccccc3C(F)(F)F)[nH]c(=O)c2c1. The second-order valence-electron chi connectivity index (χ2n) is 6.72. The number of rotatable bonds is 3. The Morgan fingerprint density at radius 2 is 1.83 bits per heavy atom. The predicted octanol–water partition coefficient (Wildman–Crippen LogP) is 2.85. The Bertz CT molecular complexity index is 1190. The third kappa shape index (κ3) is 3.29. The molecule has 2 aromatic carbocycles. The fourth-order valence-electron chi connectivity index (χ4n) is 3.42. The number of fused-ring (bicyclic) bond motifs is 1. The summed E-state index contributed by atoms with van der Waals surface area (Å²) in [6, 6.07) is 10.5. The van der Waals surface area contributed by atoms with E-state index in [2.05, 4.69) is 4.98 Å². The number of amides is 1. The maximum Gasteiger partial charge on any atom is 0.417 e. The number of nitrogens with zero attached hydrogens (tertiary/aromatic N) is 1. The number of alkyl halides is 3. The minimum absolute atomic E-state index is 0.00543. The lowest BCUT2D eigenvalue weighted by Gasteiger charge is -2.19. The average Bonchev–Trinajstić information content (AvgIpc) is 3.00. The molecule has 2 atom stereocenters. The molecule has 156 valence electrons. The first-order chi connectivity index (χ1) is 14.2. The van der Waals surface area contributed by atoms with E-state index in [1.807, 2.05) is 0 Å². The van der Waals surface area contributed by atoms with E-state index in [9.17, 15) is 27.9 Å². The number of anilines is 1. The van der Waals surface area contributed by atoms with Crippen LogP contribution >= 0.6 is 0 Å². The van der Waals surface area contributed by atoms with Crippen molar-refractivity contribution >= 4 is 22.6 Å². The van der Waals surface area contributed by atoms with Crippen molar-refractivity contribution in [1.29, 1.82) is 0 Å². The van der Waals surface area contributed by atoms with Crippen molar-refractivity contribution in [2.75, 3.05) is 11.5 Å². The summed E-state index contributed by atoms with van der Waals surface area (Å²) in [6.07, 6.45) is -8.07. The van der Waals surface area contributed by atoms with Crippen LogP contribution in [0.3, 0.4) is 0 Å². The molecule has 1 aromatic heterocycles. The molecule has 4 rings (SSSR count). The highest BCUT2D eigenvalue weighted by Gasteiger charge is 2.41. The van der Waals surface area contributed by atoms with Crippen LogP contribution in [-0.2, 0) is 10.9 Å². The molecule has 1 amide bonds. The number of nitrogens with one attached hydrogen (secondary N) is 1. The van der Waals surface area contributed by atoms with Crippen molar-refractivity contribution in [2.24, 2.45) is 0 Å². The number of halogens is 3. The molecule has 1 aliphatic rings. The molecule has 30 heavy (non-hydrogen) atoms. The summed E-state index contributed by atoms with van der Waals surface area (Å²) in [5, 5.41) is 19.7. The molecular weight excluding hydrogens is 405 g/mol. The van der Waals surface area contributed by atoms with Gasteiger partial charge in [0.25, 0.3) is 5.56 Å². The molecule has 0 saturated carbocycles. The van der Waals surface area contributed by atoms with Gasteiger partial charge in [-0.3, -0.25) is 4.79 Å². The monoisotopic (exact) mass is 420 g/mol. The first kappa shape index (κ1) is 19.9. The van der Waals surface area contributed by atoms with Crippen LogP contribution in [0.15, 0.2) is 53.3 Å². The van der Waals surface area contributed by atoms with Crippen LogP contribution in [0.5, 0.6) is 0 Å². The number of carbonyl (C=O) groups is 1. The van der Waals surface area contributed by atoms with Gasteiger partial charge in [-0.1, -0.05) is 24.3 Å². The summed E-state index contributed by atoms with van der Waals surface area (Å²) in [7, 11) is 0. The Balaban J connectivity index is 1.81. The van der Waals surface area contributed by atoms with Crippen LogP contribution in [0.2, 0.25) is 0 Å². The number of pyridine rings is 1. The lowest BCUT2D eigenvalue weighted by molar-refractivity contribution is -0.137. The summed E-state index contributed by atoms with van der Waals surface area (Å²) in [6.45, 7) is -0.584. The van der Waals surface area contributed by atoms with Gasteiger partial charge in [-0.05, 0) is 29.7 Å². The van der Waals surface area contributed by atoms with Gasteiger partial charge >= 0.3 is 12.3 Å². The van der Waals surface area contributed by atoms with Gasteiger partial charge in [-0.15, -0.1) is 0 Å². The van der Waals surface area contributed by atoms with E-state index in [0.717, 1.165) is 11.0 Å². The lowest BCUT2D eigenvalue weighted by atomic mass is 10.0. The van der Waals surface area contributed by atoms with E-state index < -0.39 is 42.3 Å². The van der Waals surface area contributed by atoms with Crippen LogP contribution < -0.4 is 10.5 Å². The minimum Gasteiger partial charge on any atom is -0.438 e. The van der Waals surface area contributed by atoms with E-state index in [4.69, 9.17) is 9.84 Å². The highest BCUT2D eigenvalue weighted by molar-refractivity contribution is 5.95. The van der Waals surface area contributed by atoms with Gasteiger partial charge in [0.1, 0.15) is 0 Å². The zero-order valence-corrected chi connectivity index (χ0v) is 15.2. The van der Waals surface area contributed by atoms with E-state index in [0.29, 0.717) is 5.39 Å². The van der Waals surface area contributed by atoms with E-state index in [1.165, 1.54) is 42.5 Å². The number of aromatic nitrogens is 1. The molecule has 0 spiro atoms. The third-order valence-electron chi connectivity index (χ3n) is 4.86. The highest BCUT2D eigenvalue weighted by atomic mass is 19.4. The standard InChI is InChI=1S/C20H15F3N2O5/c21-20(22,23)14-4-2-1-3-12(14)15-7-10-5-6-11(8-13(10)17(27)24-15)25-18(28)16(9-26)30-19(25)29/h1-8,16,18,26,28H,9H2,(H,24,27). The quantitative estimate of drug-likeness (QED) is 0.605. The van der Waals surface area contributed by atoms with Crippen molar-refractivity contribution in [1.82, 2.24) is 4.98 Å². The molecule has 1 fully saturated rings. The molecule has 2 unspecified atom stereocenters.